The van der Waals surface area contributed by atoms with Crippen molar-refractivity contribution in [3.8, 4) is 0 Å². The molecule has 4 nitrogen and oxygen atoms in total. The molecule has 2 amide bonds. The first-order valence-electron chi connectivity index (χ1n) is 7.44. The quantitative estimate of drug-likeness (QED) is 0.816. The molecule has 120 valence electrons. The van der Waals surface area contributed by atoms with Gasteiger partial charge in [-0.2, -0.15) is 0 Å². The number of nitrogens with zero attached hydrogens (tertiary/aromatic N) is 2. The van der Waals surface area contributed by atoms with Gasteiger partial charge >= 0.3 is 6.03 Å². The van der Waals surface area contributed by atoms with Crippen LogP contribution in [0.5, 0.6) is 0 Å². The fourth-order valence-corrected chi connectivity index (χ4v) is 3.02. The minimum Gasteiger partial charge on any atom is -0.368 e. The molecule has 0 saturated carbocycles. The molecule has 0 bridgehead atoms. The summed E-state index contributed by atoms with van der Waals surface area (Å²) in [5, 5.41) is 3.42. The van der Waals surface area contributed by atoms with Crippen LogP contribution in [0, 0.1) is 0 Å². The molecule has 0 spiro atoms. The van der Waals surface area contributed by atoms with Crippen LogP contribution in [0.3, 0.4) is 0 Å². The summed E-state index contributed by atoms with van der Waals surface area (Å²) < 4.78 is 1.07. The Balaban J connectivity index is 1.57. The molecule has 1 N–H and O–H groups in total. The van der Waals surface area contributed by atoms with E-state index in [1.807, 2.05) is 29.2 Å². The number of piperazine rings is 1. The lowest BCUT2D eigenvalue weighted by Gasteiger charge is -2.36. The number of para-hydroxylation sites is 1. The summed E-state index contributed by atoms with van der Waals surface area (Å²) in [6, 6.07) is 15.4. The molecule has 1 saturated heterocycles. The van der Waals surface area contributed by atoms with E-state index in [0.29, 0.717) is 23.8 Å². The predicted octanol–water partition coefficient (Wildman–Crippen LogP) is 4.46. The third-order valence-corrected chi connectivity index (χ3v) is 4.73. The molecule has 6 heteroatoms. The summed E-state index contributed by atoms with van der Waals surface area (Å²) in [6.07, 6.45) is 0. The maximum Gasteiger partial charge on any atom is 0.322 e. The van der Waals surface area contributed by atoms with E-state index >= 15 is 0 Å². The molecule has 0 aromatic heterocycles. The first-order chi connectivity index (χ1) is 11.1. The van der Waals surface area contributed by atoms with Crippen LogP contribution in [0.2, 0.25) is 5.02 Å². The van der Waals surface area contributed by atoms with Crippen LogP contribution < -0.4 is 10.2 Å². The van der Waals surface area contributed by atoms with Gasteiger partial charge in [-0.1, -0.05) is 39.7 Å². The summed E-state index contributed by atoms with van der Waals surface area (Å²) in [5.74, 6) is 0. The highest BCUT2D eigenvalue weighted by Crippen LogP contribution is 2.22. The average molecular weight is 395 g/mol. The van der Waals surface area contributed by atoms with Crippen LogP contribution in [0.4, 0.5) is 16.2 Å². The third kappa shape index (κ3) is 3.98. The summed E-state index contributed by atoms with van der Waals surface area (Å²) in [5.41, 5.74) is 1.83. The zero-order valence-electron chi connectivity index (χ0n) is 12.5. The van der Waals surface area contributed by atoms with Crippen molar-refractivity contribution in [1.29, 1.82) is 0 Å². The molecule has 3 rings (SSSR count). The van der Waals surface area contributed by atoms with Gasteiger partial charge in [0.05, 0.1) is 10.7 Å². The Labute approximate surface area is 149 Å². The van der Waals surface area contributed by atoms with Crippen molar-refractivity contribution in [2.45, 2.75) is 0 Å². The number of hydrogen-bond acceptors (Lipinski definition) is 2. The number of benzene rings is 2. The Bertz CT molecular complexity index is 684. The maximum atomic E-state index is 12.3. The Morgan fingerprint density at radius 2 is 1.65 bits per heavy atom. The number of halogens is 2. The van der Waals surface area contributed by atoms with Crippen molar-refractivity contribution >= 4 is 44.9 Å². The molecular formula is C17H17BrClN3O. The Hall–Kier alpha value is -1.72. The highest BCUT2D eigenvalue weighted by Gasteiger charge is 2.21. The second kappa shape index (κ2) is 7.23. The van der Waals surface area contributed by atoms with Crippen LogP contribution in [-0.2, 0) is 0 Å². The molecular weight excluding hydrogens is 378 g/mol. The van der Waals surface area contributed by atoms with Gasteiger partial charge in [-0.25, -0.2) is 4.79 Å². The summed E-state index contributed by atoms with van der Waals surface area (Å²) in [6.45, 7) is 3.01. The summed E-state index contributed by atoms with van der Waals surface area (Å²) in [7, 11) is 0. The normalized spacial score (nSPS) is 14.7. The number of anilines is 2. The minimum atomic E-state index is -0.103. The predicted molar refractivity (Wildman–Crippen MR) is 98.4 cm³/mol. The number of rotatable bonds is 2. The van der Waals surface area contributed by atoms with Gasteiger partial charge in [-0.15, -0.1) is 0 Å². The van der Waals surface area contributed by atoms with Gasteiger partial charge in [0.25, 0.3) is 0 Å². The molecule has 1 aliphatic heterocycles. The van der Waals surface area contributed by atoms with Gasteiger partial charge in [-0.3, -0.25) is 0 Å². The topological polar surface area (TPSA) is 35.6 Å². The van der Waals surface area contributed by atoms with Crippen molar-refractivity contribution in [1.82, 2.24) is 4.90 Å². The van der Waals surface area contributed by atoms with Gasteiger partial charge in [0.15, 0.2) is 0 Å². The number of amides is 2. The van der Waals surface area contributed by atoms with Crippen molar-refractivity contribution in [3.63, 3.8) is 0 Å². The van der Waals surface area contributed by atoms with E-state index in [1.54, 1.807) is 12.1 Å². The van der Waals surface area contributed by atoms with E-state index in [2.05, 4.69) is 38.3 Å². The largest absolute Gasteiger partial charge is 0.368 e. The molecule has 2 aromatic carbocycles. The van der Waals surface area contributed by atoms with Crippen molar-refractivity contribution < 1.29 is 4.79 Å². The van der Waals surface area contributed by atoms with E-state index in [-0.39, 0.29) is 6.03 Å². The zero-order chi connectivity index (χ0) is 16.2. The molecule has 2 aromatic rings. The Morgan fingerprint density at radius 1 is 1.00 bits per heavy atom. The summed E-state index contributed by atoms with van der Waals surface area (Å²) in [4.78, 5) is 16.4. The standard InChI is InChI=1S/C17H17BrClN3O/c18-13-5-7-14(8-6-13)21-9-11-22(12-10-21)17(23)20-16-4-2-1-3-15(16)19/h1-8H,9-12H2,(H,20,23). The fourth-order valence-electron chi connectivity index (χ4n) is 2.58. The average Bonchev–Trinajstić information content (AvgIpc) is 2.58. The van der Waals surface area contributed by atoms with E-state index in [9.17, 15) is 4.79 Å². The molecule has 0 unspecified atom stereocenters. The van der Waals surface area contributed by atoms with Crippen molar-refractivity contribution in [2.75, 3.05) is 36.4 Å². The Morgan fingerprint density at radius 3 is 2.30 bits per heavy atom. The number of carbonyl (C=O) groups excluding carboxylic acids is 1. The number of hydrogen-bond donors (Lipinski definition) is 1. The molecule has 1 aliphatic rings. The van der Waals surface area contributed by atoms with Gasteiger partial charge in [0.1, 0.15) is 0 Å². The number of nitrogens with one attached hydrogen (secondary N) is 1. The fraction of sp³-hybridized carbons (Fsp3) is 0.235. The molecule has 0 aliphatic carbocycles. The van der Waals surface area contributed by atoms with E-state index in [1.165, 1.54) is 5.69 Å². The van der Waals surface area contributed by atoms with E-state index < -0.39 is 0 Å². The molecule has 23 heavy (non-hydrogen) atoms. The van der Waals surface area contributed by atoms with Crippen LogP contribution in [0.1, 0.15) is 0 Å². The van der Waals surface area contributed by atoms with Gasteiger partial charge in [-0.05, 0) is 36.4 Å². The molecule has 0 radical (unpaired) electrons. The first-order valence-corrected chi connectivity index (χ1v) is 8.61. The number of carbonyl (C=O) groups is 1. The smallest absolute Gasteiger partial charge is 0.322 e. The van der Waals surface area contributed by atoms with Crippen molar-refractivity contribution in [3.05, 3.63) is 58.0 Å². The zero-order valence-corrected chi connectivity index (χ0v) is 14.8. The van der Waals surface area contributed by atoms with Gasteiger partial charge in [0, 0.05) is 36.3 Å². The van der Waals surface area contributed by atoms with E-state index in [0.717, 1.165) is 17.6 Å². The highest BCUT2D eigenvalue weighted by atomic mass is 79.9. The highest BCUT2D eigenvalue weighted by molar-refractivity contribution is 9.10. The van der Waals surface area contributed by atoms with Crippen LogP contribution in [-0.4, -0.2) is 37.1 Å². The van der Waals surface area contributed by atoms with Crippen molar-refractivity contribution in [2.24, 2.45) is 0 Å². The van der Waals surface area contributed by atoms with Crippen LogP contribution in [0.25, 0.3) is 0 Å². The maximum absolute atomic E-state index is 12.3. The lowest BCUT2D eigenvalue weighted by atomic mass is 10.2. The lowest BCUT2D eigenvalue weighted by Crippen LogP contribution is -2.50. The first kappa shape index (κ1) is 16.1. The second-order valence-corrected chi connectivity index (χ2v) is 6.68. The van der Waals surface area contributed by atoms with Crippen LogP contribution in [0.15, 0.2) is 53.0 Å². The number of urea groups is 1. The molecule has 0 atom stereocenters. The second-order valence-electron chi connectivity index (χ2n) is 5.36. The SMILES string of the molecule is O=C(Nc1ccccc1Cl)N1CCN(c2ccc(Br)cc2)CC1. The monoisotopic (exact) mass is 393 g/mol. The lowest BCUT2D eigenvalue weighted by molar-refractivity contribution is 0.208. The van der Waals surface area contributed by atoms with E-state index in [4.69, 9.17) is 11.6 Å². The Kier molecular flexibility index (Phi) is 5.08. The molecule has 1 heterocycles. The van der Waals surface area contributed by atoms with Gasteiger partial charge in [0.2, 0.25) is 0 Å². The van der Waals surface area contributed by atoms with Crippen LogP contribution >= 0.6 is 27.5 Å². The summed E-state index contributed by atoms with van der Waals surface area (Å²) >= 11 is 9.52. The molecule has 1 fully saturated rings. The van der Waals surface area contributed by atoms with Gasteiger partial charge < -0.3 is 15.1 Å². The third-order valence-electron chi connectivity index (χ3n) is 3.87. The minimum absolute atomic E-state index is 0.103.